The summed E-state index contributed by atoms with van der Waals surface area (Å²) >= 11 is 0. The van der Waals surface area contributed by atoms with Crippen LogP contribution in [0.3, 0.4) is 0 Å². The average molecular weight is 287 g/mol. The Balaban J connectivity index is 1.73. The lowest BCUT2D eigenvalue weighted by Crippen LogP contribution is -2.24. The van der Waals surface area contributed by atoms with Gasteiger partial charge in [-0.3, -0.25) is 0 Å². The molecule has 114 valence electrons. The monoisotopic (exact) mass is 287 g/mol. The normalized spacial score (nSPS) is 19.3. The van der Waals surface area contributed by atoms with E-state index < -0.39 is 0 Å². The van der Waals surface area contributed by atoms with Crippen molar-refractivity contribution in [3.05, 3.63) is 24.2 Å². The van der Waals surface area contributed by atoms with E-state index in [0.717, 1.165) is 36.5 Å². The Morgan fingerprint density at radius 1 is 1.43 bits per heavy atom. The maximum absolute atomic E-state index is 4.65. The van der Waals surface area contributed by atoms with Crippen molar-refractivity contribution in [1.29, 1.82) is 0 Å². The van der Waals surface area contributed by atoms with E-state index in [0.29, 0.717) is 6.04 Å². The Morgan fingerprint density at radius 2 is 2.29 bits per heavy atom. The highest BCUT2D eigenvalue weighted by Gasteiger charge is 2.19. The van der Waals surface area contributed by atoms with Gasteiger partial charge in [-0.15, -0.1) is 0 Å². The number of rotatable bonds is 4. The Morgan fingerprint density at radius 3 is 3.00 bits per heavy atom. The molecule has 0 radical (unpaired) electrons. The van der Waals surface area contributed by atoms with Gasteiger partial charge in [0.2, 0.25) is 0 Å². The lowest BCUT2D eigenvalue weighted by Gasteiger charge is -2.13. The molecule has 5 heteroatoms. The molecule has 0 aliphatic carbocycles. The Labute approximate surface area is 126 Å². The molecule has 3 rings (SSSR count). The second kappa shape index (κ2) is 5.64. The van der Waals surface area contributed by atoms with Crippen LogP contribution < -0.4 is 10.6 Å². The molecule has 2 aromatic rings. The van der Waals surface area contributed by atoms with Crippen LogP contribution in [0.15, 0.2) is 18.5 Å². The summed E-state index contributed by atoms with van der Waals surface area (Å²) in [6, 6.07) is 2.80. The van der Waals surface area contributed by atoms with E-state index in [1.807, 2.05) is 16.9 Å². The first-order valence-electron chi connectivity index (χ1n) is 7.86. The lowest BCUT2D eigenvalue weighted by molar-refractivity contribution is 0.562. The van der Waals surface area contributed by atoms with Crippen molar-refractivity contribution in [3.63, 3.8) is 0 Å². The van der Waals surface area contributed by atoms with Crippen molar-refractivity contribution in [3.8, 4) is 0 Å². The van der Waals surface area contributed by atoms with Crippen LogP contribution >= 0.6 is 0 Å². The van der Waals surface area contributed by atoms with E-state index in [-0.39, 0.29) is 5.41 Å². The van der Waals surface area contributed by atoms with Crippen LogP contribution in [0.4, 0.5) is 5.82 Å². The van der Waals surface area contributed by atoms with E-state index in [9.17, 15) is 0 Å². The lowest BCUT2D eigenvalue weighted by atomic mass is 9.92. The third-order valence-electron chi connectivity index (χ3n) is 4.11. The molecule has 21 heavy (non-hydrogen) atoms. The average Bonchev–Trinajstić information content (AvgIpc) is 3.06. The fraction of sp³-hybridized carbons (Fsp3) is 0.625. The molecule has 0 saturated carbocycles. The highest BCUT2D eigenvalue weighted by Crippen LogP contribution is 2.24. The van der Waals surface area contributed by atoms with E-state index in [1.165, 1.54) is 12.8 Å². The van der Waals surface area contributed by atoms with Gasteiger partial charge in [-0.1, -0.05) is 20.8 Å². The molecule has 1 atom stereocenters. The standard InChI is InChI=1S/C16H25N5/c1-16(2,3)14-11-13-15(19-9-10-21(13)20-14)18-8-6-12-5-4-7-17-12/h9-12,17H,4-8H2,1-3H3,(H,18,19)/t12-/m0/s1. The second-order valence-electron chi connectivity index (χ2n) is 6.89. The first-order chi connectivity index (χ1) is 10.0. The van der Waals surface area contributed by atoms with Crippen molar-refractivity contribution >= 4 is 11.3 Å². The fourth-order valence-electron chi connectivity index (χ4n) is 2.79. The molecule has 3 heterocycles. The van der Waals surface area contributed by atoms with E-state index >= 15 is 0 Å². The summed E-state index contributed by atoms with van der Waals surface area (Å²) in [5.41, 5.74) is 2.20. The summed E-state index contributed by atoms with van der Waals surface area (Å²) in [6.45, 7) is 8.65. The number of fused-ring (bicyclic) bond motifs is 1. The van der Waals surface area contributed by atoms with Gasteiger partial charge in [-0.05, 0) is 31.9 Å². The van der Waals surface area contributed by atoms with Gasteiger partial charge >= 0.3 is 0 Å². The van der Waals surface area contributed by atoms with Gasteiger partial charge in [0.25, 0.3) is 0 Å². The number of nitrogens with zero attached hydrogens (tertiary/aromatic N) is 3. The molecule has 0 spiro atoms. The largest absolute Gasteiger partial charge is 0.368 e. The third kappa shape index (κ3) is 3.18. The van der Waals surface area contributed by atoms with Crippen molar-refractivity contribution in [2.24, 2.45) is 0 Å². The zero-order valence-corrected chi connectivity index (χ0v) is 13.2. The molecular formula is C16H25N5. The van der Waals surface area contributed by atoms with Crippen molar-refractivity contribution in [1.82, 2.24) is 19.9 Å². The number of hydrogen-bond acceptors (Lipinski definition) is 4. The molecule has 0 unspecified atom stereocenters. The van der Waals surface area contributed by atoms with E-state index in [4.69, 9.17) is 0 Å². The summed E-state index contributed by atoms with van der Waals surface area (Å²) in [4.78, 5) is 4.47. The van der Waals surface area contributed by atoms with Crippen LogP contribution in [-0.2, 0) is 5.41 Å². The van der Waals surface area contributed by atoms with Crippen LogP contribution in [-0.4, -0.2) is 33.7 Å². The van der Waals surface area contributed by atoms with Gasteiger partial charge in [0.1, 0.15) is 5.52 Å². The van der Waals surface area contributed by atoms with Crippen LogP contribution in [0.5, 0.6) is 0 Å². The number of hydrogen-bond donors (Lipinski definition) is 2. The maximum Gasteiger partial charge on any atom is 0.152 e. The topological polar surface area (TPSA) is 54.2 Å². The molecule has 2 N–H and O–H groups in total. The molecular weight excluding hydrogens is 262 g/mol. The van der Waals surface area contributed by atoms with Gasteiger partial charge in [0.15, 0.2) is 5.82 Å². The SMILES string of the molecule is CC(C)(C)c1cc2c(NCC[C@@H]3CCCN3)nccn2n1. The smallest absolute Gasteiger partial charge is 0.152 e. The zero-order valence-electron chi connectivity index (χ0n) is 13.2. The van der Waals surface area contributed by atoms with Gasteiger partial charge in [-0.2, -0.15) is 5.10 Å². The second-order valence-corrected chi connectivity index (χ2v) is 6.89. The minimum atomic E-state index is 0.0526. The predicted octanol–water partition coefficient (Wildman–Crippen LogP) is 2.58. The Bertz CT molecular complexity index is 605. The molecule has 1 fully saturated rings. The van der Waals surface area contributed by atoms with Gasteiger partial charge in [0, 0.05) is 30.4 Å². The van der Waals surface area contributed by atoms with Crippen molar-refractivity contribution in [2.45, 2.75) is 51.5 Å². The number of aromatic nitrogens is 3. The minimum Gasteiger partial charge on any atom is -0.368 e. The molecule has 0 bridgehead atoms. The zero-order chi connectivity index (χ0) is 14.9. The molecule has 1 aliphatic rings. The molecule has 0 amide bonds. The van der Waals surface area contributed by atoms with Crippen molar-refractivity contribution in [2.75, 3.05) is 18.4 Å². The van der Waals surface area contributed by atoms with Gasteiger partial charge in [0.05, 0.1) is 5.69 Å². The van der Waals surface area contributed by atoms with Gasteiger partial charge in [-0.25, -0.2) is 9.50 Å². The molecule has 1 saturated heterocycles. The third-order valence-corrected chi connectivity index (χ3v) is 4.11. The molecule has 0 aromatic carbocycles. The summed E-state index contributed by atoms with van der Waals surface area (Å²) in [5.74, 6) is 0.929. The summed E-state index contributed by atoms with van der Waals surface area (Å²) in [6.07, 6.45) is 7.45. The van der Waals surface area contributed by atoms with Crippen LogP contribution in [0.25, 0.3) is 5.52 Å². The minimum absolute atomic E-state index is 0.0526. The number of nitrogens with one attached hydrogen (secondary N) is 2. The highest BCUT2D eigenvalue weighted by molar-refractivity contribution is 5.68. The fourth-order valence-corrected chi connectivity index (χ4v) is 2.79. The predicted molar refractivity (Wildman–Crippen MR) is 85.8 cm³/mol. The summed E-state index contributed by atoms with van der Waals surface area (Å²) < 4.78 is 1.92. The van der Waals surface area contributed by atoms with Crippen molar-refractivity contribution < 1.29 is 0 Å². The maximum atomic E-state index is 4.65. The first kappa shape index (κ1) is 14.3. The number of anilines is 1. The van der Waals surface area contributed by atoms with E-state index in [1.54, 1.807) is 0 Å². The molecule has 1 aliphatic heterocycles. The van der Waals surface area contributed by atoms with Crippen LogP contribution in [0.1, 0.15) is 45.7 Å². The quantitative estimate of drug-likeness (QED) is 0.907. The van der Waals surface area contributed by atoms with Crippen LogP contribution in [0, 0.1) is 0 Å². The Kier molecular flexibility index (Phi) is 3.85. The van der Waals surface area contributed by atoms with Gasteiger partial charge < -0.3 is 10.6 Å². The van der Waals surface area contributed by atoms with E-state index in [2.05, 4.69) is 47.6 Å². The molecule has 2 aromatic heterocycles. The Hall–Kier alpha value is -1.62. The summed E-state index contributed by atoms with van der Waals surface area (Å²) in [5, 5.41) is 11.6. The van der Waals surface area contributed by atoms with Crippen LogP contribution in [0.2, 0.25) is 0 Å². The highest BCUT2D eigenvalue weighted by atomic mass is 15.2. The molecule has 5 nitrogen and oxygen atoms in total. The summed E-state index contributed by atoms with van der Waals surface area (Å²) in [7, 11) is 0. The first-order valence-corrected chi connectivity index (χ1v) is 7.86.